The van der Waals surface area contributed by atoms with Gasteiger partial charge >= 0.3 is 0 Å². The summed E-state index contributed by atoms with van der Waals surface area (Å²) in [5.41, 5.74) is 23.4. The lowest BCUT2D eigenvalue weighted by molar-refractivity contribution is 0.0616. The van der Waals surface area contributed by atoms with Crippen LogP contribution in [0.4, 0.5) is 0 Å². The lowest BCUT2D eigenvalue weighted by Crippen LogP contribution is -2.37. The Kier molecular flexibility index (Phi) is 13.1. The fourth-order valence-electron chi connectivity index (χ4n) is 8.34. The van der Waals surface area contributed by atoms with Gasteiger partial charge in [0, 0.05) is 0 Å². The molecule has 2 aliphatic heterocycles. The molecule has 6 rings (SSSR count). The molecule has 2 heterocycles. The second-order valence-electron chi connectivity index (χ2n) is 17.1. The molecule has 0 aliphatic carbocycles. The van der Waals surface area contributed by atoms with Crippen LogP contribution in [0.2, 0.25) is 0 Å². The minimum Gasteiger partial charge on any atom is -0.490 e. The first-order chi connectivity index (χ1) is 27.3. The maximum atomic E-state index is 11.2. The number of aliphatic hydroxyl groups excluding tert-OH is 1. The quantitative estimate of drug-likeness (QED) is 0.106. The van der Waals surface area contributed by atoms with Gasteiger partial charge in [0.15, 0.2) is 14.6 Å². The van der Waals surface area contributed by atoms with Gasteiger partial charge in [0.1, 0.15) is 67.7 Å². The third-order valence-electron chi connectivity index (χ3n) is 13.5. The number of hydrogen-bond donors (Lipinski definition) is 1. The van der Waals surface area contributed by atoms with Crippen LogP contribution in [-0.2, 0) is 9.47 Å². The van der Waals surface area contributed by atoms with Crippen LogP contribution in [0.5, 0.6) is 23.0 Å². The summed E-state index contributed by atoms with van der Waals surface area (Å²) in [6.45, 7) is 37.4. The number of hydrogen-bond acceptors (Lipinski definition) is 7. The standard InChI is InChI=1S/C49H64B2O7/c1-23-31(9)46(32(10)24(2)42(23)50-44-27(5)35(13)48(36(14)28(44)6)57-21-40-19-53-40)55-17-39(52)18-56-47-33(11)25(3)43(26(4)34(47)12)51-45-29(7)37(15)49(38(16)30(45)8)58-22-41-20-54-41/h39-41,52H,17-22H2,1-16H3. The number of epoxide rings is 2. The molecule has 308 valence electrons. The highest BCUT2D eigenvalue weighted by Gasteiger charge is 2.28. The van der Waals surface area contributed by atoms with Crippen molar-refractivity contribution in [1.82, 2.24) is 0 Å². The van der Waals surface area contributed by atoms with E-state index in [4.69, 9.17) is 28.4 Å². The molecule has 2 saturated heterocycles. The Hall–Kier alpha value is -3.91. The van der Waals surface area contributed by atoms with Gasteiger partial charge in [0.05, 0.1) is 13.2 Å². The Morgan fingerprint density at radius 3 is 0.810 bits per heavy atom. The van der Waals surface area contributed by atoms with Crippen molar-refractivity contribution < 1.29 is 33.5 Å². The molecule has 9 heteroatoms. The number of ether oxygens (including phenoxy) is 6. The maximum Gasteiger partial charge on any atom is 0.192 e. The van der Waals surface area contributed by atoms with Crippen molar-refractivity contribution in [2.75, 3.05) is 39.6 Å². The zero-order chi connectivity index (χ0) is 42.5. The Bertz CT molecular complexity index is 1980. The summed E-state index contributed by atoms with van der Waals surface area (Å²) in [6, 6.07) is 0. The van der Waals surface area contributed by atoms with Crippen LogP contribution in [0.25, 0.3) is 0 Å². The molecule has 0 aromatic heterocycles. The molecule has 4 aromatic rings. The van der Waals surface area contributed by atoms with Crippen molar-refractivity contribution in [3.8, 4) is 23.0 Å². The lowest BCUT2D eigenvalue weighted by Gasteiger charge is -2.25. The predicted octanol–water partition coefficient (Wildman–Crippen LogP) is 6.31. The number of benzene rings is 4. The molecule has 0 bridgehead atoms. The first-order valence-corrected chi connectivity index (χ1v) is 20.9. The molecule has 0 saturated carbocycles. The summed E-state index contributed by atoms with van der Waals surface area (Å²) in [5, 5.41) is 11.2. The molecule has 0 amide bonds. The van der Waals surface area contributed by atoms with Crippen LogP contribution in [0.1, 0.15) is 89.0 Å². The Balaban J connectivity index is 1.14. The highest BCUT2D eigenvalue weighted by Crippen LogP contribution is 2.33. The van der Waals surface area contributed by atoms with E-state index in [1.54, 1.807) is 0 Å². The third kappa shape index (κ3) is 8.55. The van der Waals surface area contributed by atoms with Crippen LogP contribution in [0.3, 0.4) is 0 Å². The largest absolute Gasteiger partial charge is 0.490 e. The van der Waals surface area contributed by atoms with E-state index < -0.39 is 6.10 Å². The van der Waals surface area contributed by atoms with Crippen LogP contribution >= 0.6 is 0 Å². The van der Waals surface area contributed by atoms with Crippen molar-refractivity contribution in [2.45, 2.75) is 129 Å². The highest BCUT2D eigenvalue weighted by atomic mass is 16.6. The van der Waals surface area contributed by atoms with Crippen molar-refractivity contribution in [3.05, 3.63) is 89.0 Å². The molecule has 2 aliphatic rings. The number of aliphatic hydroxyl groups is 1. The summed E-state index contributed by atoms with van der Waals surface area (Å²) in [6.07, 6.45) is -0.387. The molecule has 7 nitrogen and oxygen atoms in total. The fourth-order valence-corrected chi connectivity index (χ4v) is 8.34. The topological polar surface area (TPSA) is 82.2 Å². The average Bonchev–Trinajstić information content (AvgIpc) is 4.14. The first kappa shape index (κ1) is 43.7. The third-order valence-corrected chi connectivity index (χ3v) is 13.5. The van der Waals surface area contributed by atoms with Gasteiger partial charge in [-0.05, 0) is 155 Å². The Labute approximate surface area is 349 Å². The average molecular weight is 787 g/mol. The smallest absolute Gasteiger partial charge is 0.192 e. The van der Waals surface area contributed by atoms with Crippen LogP contribution in [0, 0.1) is 111 Å². The minimum absolute atomic E-state index is 0.125. The summed E-state index contributed by atoms with van der Waals surface area (Å²) in [4.78, 5) is 0. The Morgan fingerprint density at radius 1 is 0.397 bits per heavy atom. The van der Waals surface area contributed by atoms with E-state index >= 15 is 0 Å². The van der Waals surface area contributed by atoms with Crippen LogP contribution in [-0.4, -0.2) is 77.6 Å². The molecule has 2 radical (unpaired) electrons. The first-order valence-electron chi connectivity index (χ1n) is 20.9. The van der Waals surface area contributed by atoms with Gasteiger partial charge < -0.3 is 33.5 Å². The molecular formula is C49H64B2O7. The monoisotopic (exact) mass is 786 g/mol. The summed E-state index contributed by atoms with van der Waals surface area (Å²) < 4.78 is 36.1. The van der Waals surface area contributed by atoms with Crippen molar-refractivity contribution in [3.63, 3.8) is 0 Å². The van der Waals surface area contributed by atoms with Crippen molar-refractivity contribution in [1.29, 1.82) is 0 Å². The summed E-state index contributed by atoms with van der Waals surface area (Å²) >= 11 is 0. The van der Waals surface area contributed by atoms with Crippen molar-refractivity contribution in [2.24, 2.45) is 0 Å². The van der Waals surface area contributed by atoms with E-state index in [0.717, 1.165) is 58.5 Å². The fraction of sp³-hybridized carbons (Fsp3) is 0.510. The van der Waals surface area contributed by atoms with Gasteiger partial charge in [-0.1, -0.05) is 66.4 Å². The molecule has 0 spiro atoms. The minimum atomic E-state index is -0.816. The molecule has 2 unspecified atom stereocenters. The van der Waals surface area contributed by atoms with Gasteiger partial charge in [-0.25, -0.2) is 0 Å². The summed E-state index contributed by atoms with van der Waals surface area (Å²) in [7, 11) is 4.66. The van der Waals surface area contributed by atoms with Gasteiger partial charge in [-0.2, -0.15) is 0 Å². The van der Waals surface area contributed by atoms with Gasteiger partial charge in [-0.15, -0.1) is 0 Å². The maximum absolute atomic E-state index is 11.2. The molecule has 2 atom stereocenters. The van der Waals surface area contributed by atoms with E-state index in [1.165, 1.54) is 88.6 Å². The molecule has 4 aromatic carbocycles. The molecule has 1 N–H and O–H groups in total. The van der Waals surface area contributed by atoms with Crippen LogP contribution < -0.4 is 40.8 Å². The van der Waals surface area contributed by atoms with E-state index in [2.05, 4.69) is 125 Å². The van der Waals surface area contributed by atoms with Gasteiger partial charge in [-0.3, -0.25) is 0 Å². The lowest BCUT2D eigenvalue weighted by atomic mass is 9.57. The Morgan fingerprint density at radius 2 is 0.603 bits per heavy atom. The van der Waals surface area contributed by atoms with E-state index in [0.29, 0.717) is 13.2 Å². The van der Waals surface area contributed by atoms with E-state index in [9.17, 15) is 5.11 Å². The normalized spacial score (nSPS) is 16.3. The van der Waals surface area contributed by atoms with Gasteiger partial charge in [0.25, 0.3) is 0 Å². The van der Waals surface area contributed by atoms with Gasteiger partial charge in [0.2, 0.25) is 0 Å². The SMILES string of the molecule is Cc1c(C)c(OCC(O)COc2c(C)c(C)c([B]c3c(C)c(C)c(OCC4CO4)c(C)c3C)c(C)c2C)c(C)c(C)c1[B]c1c(C)c(C)c(OCC2CO2)c(C)c1C. The second kappa shape index (κ2) is 17.4. The zero-order valence-corrected chi connectivity index (χ0v) is 38.0. The molecule has 58 heavy (non-hydrogen) atoms. The molecular weight excluding hydrogens is 722 g/mol. The molecule has 2 fully saturated rings. The summed E-state index contributed by atoms with van der Waals surface area (Å²) in [5.74, 6) is 3.59. The van der Waals surface area contributed by atoms with E-state index in [-0.39, 0.29) is 25.4 Å². The number of rotatable bonds is 16. The predicted molar refractivity (Wildman–Crippen MR) is 239 cm³/mol. The zero-order valence-electron chi connectivity index (χ0n) is 38.0. The van der Waals surface area contributed by atoms with Crippen molar-refractivity contribution >= 4 is 36.4 Å². The second-order valence-corrected chi connectivity index (χ2v) is 17.1. The van der Waals surface area contributed by atoms with Crippen LogP contribution in [0.15, 0.2) is 0 Å². The highest BCUT2D eigenvalue weighted by molar-refractivity contribution is 6.70. The van der Waals surface area contributed by atoms with E-state index in [1.807, 2.05) is 0 Å².